The van der Waals surface area contributed by atoms with Gasteiger partial charge in [0.25, 0.3) is 0 Å². The summed E-state index contributed by atoms with van der Waals surface area (Å²) in [5.41, 5.74) is 0.381. The molecule has 1 aromatic rings. The molecule has 1 aromatic carbocycles. The van der Waals surface area contributed by atoms with Gasteiger partial charge in [0, 0.05) is 13.1 Å². The summed E-state index contributed by atoms with van der Waals surface area (Å²) in [5, 5.41) is 8.97. The lowest BCUT2D eigenvalue weighted by molar-refractivity contribution is -0.145. The lowest BCUT2D eigenvalue weighted by atomic mass is 9.97. The van der Waals surface area contributed by atoms with Crippen LogP contribution < -0.4 is 0 Å². The van der Waals surface area contributed by atoms with Gasteiger partial charge in [-0.15, -0.1) is 0 Å². The largest absolute Gasteiger partial charge is 0.481 e. The maximum atomic E-state index is 13.1. The molecule has 0 unspecified atom stereocenters. The Morgan fingerprint density at radius 1 is 1.30 bits per heavy atom. The molecule has 20 heavy (non-hydrogen) atoms. The number of rotatable bonds is 3. The summed E-state index contributed by atoms with van der Waals surface area (Å²) in [6.45, 7) is 0.685. The van der Waals surface area contributed by atoms with Crippen LogP contribution in [0.5, 0.6) is 0 Å². The predicted octanol–water partition coefficient (Wildman–Crippen LogP) is 1.83. The number of nitrogens with zero attached hydrogens (tertiary/aromatic N) is 1. The summed E-state index contributed by atoms with van der Waals surface area (Å²) in [6.07, 6.45) is 1.15. The average molecular weight is 283 g/mol. The first-order valence-corrected chi connectivity index (χ1v) is 6.42. The van der Waals surface area contributed by atoms with Crippen LogP contribution in [0.1, 0.15) is 18.4 Å². The van der Waals surface area contributed by atoms with E-state index in [-0.39, 0.29) is 18.9 Å². The van der Waals surface area contributed by atoms with Crippen molar-refractivity contribution < 1.29 is 23.5 Å². The van der Waals surface area contributed by atoms with Crippen molar-refractivity contribution in [1.29, 1.82) is 0 Å². The molecule has 0 aromatic heterocycles. The SMILES string of the molecule is O=C(O)[C@H]1CCCN(C(=O)Cc2ccc(F)c(F)c2)C1. The molecule has 1 N–H and O–H groups in total. The van der Waals surface area contributed by atoms with E-state index in [9.17, 15) is 18.4 Å². The van der Waals surface area contributed by atoms with Crippen LogP contribution in [0.25, 0.3) is 0 Å². The van der Waals surface area contributed by atoms with E-state index in [1.54, 1.807) is 0 Å². The standard InChI is InChI=1S/C14H15F2NO3/c15-11-4-3-9(6-12(11)16)7-13(18)17-5-1-2-10(8-17)14(19)20/h3-4,6,10H,1-2,5,7-8H2,(H,19,20)/t10-/m0/s1. The minimum atomic E-state index is -0.989. The van der Waals surface area contributed by atoms with Crippen LogP contribution in [0.3, 0.4) is 0 Å². The van der Waals surface area contributed by atoms with Crippen LogP contribution in [0, 0.1) is 17.6 Å². The van der Waals surface area contributed by atoms with E-state index in [2.05, 4.69) is 0 Å². The van der Waals surface area contributed by atoms with Crippen molar-refractivity contribution in [3.8, 4) is 0 Å². The Bertz CT molecular complexity index is 533. The van der Waals surface area contributed by atoms with Crippen LogP contribution in [-0.2, 0) is 16.0 Å². The van der Waals surface area contributed by atoms with Gasteiger partial charge in [0.05, 0.1) is 12.3 Å². The maximum absolute atomic E-state index is 13.1. The van der Waals surface area contributed by atoms with Gasteiger partial charge in [0.1, 0.15) is 0 Å². The van der Waals surface area contributed by atoms with E-state index in [1.165, 1.54) is 11.0 Å². The van der Waals surface area contributed by atoms with E-state index < -0.39 is 23.5 Å². The first-order valence-electron chi connectivity index (χ1n) is 6.42. The fraction of sp³-hybridized carbons (Fsp3) is 0.429. The van der Waals surface area contributed by atoms with Crippen molar-refractivity contribution in [3.05, 3.63) is 35.4 Å². The number of carboxylic acid groups (broad SMARTS) is 1. The van der Waals surface area contributed by atoms with Crippen LogP contribution in [0.4, 0.5) is 8.78 Å². The second-order valence-electron chi connectivity index (χ2n) is 4.94. The summed E-state index contributed by atoms with van der Waals surface area (Å²) in [7, 11) is 0. The molecule has 6 heteroatoms. The number of carbonyl (C=O) groups excluding carboxylic acids is 1. The molecule has 2 rings (SSSR count). The Hall–Kier alpha value is -1.98. The topological polar surface area (TPSA) is 57.6 Å². The molecule has 1 aliphatic rings. The zero-order valence-electron chi connectivity index (χ0n) is 10.8. The number of carbonyl (C=O) groups is 2. The van der Waals surface area contributed by atoms with Crippen LogP contribution in [0.2, 0.25) is 0 Å². The first-order chi connectivity index (χ1) is 9.47. The van der Waals surface area contributed by atoms with Gasteiger partial charge in [-0.2, -0.15) is 0 Å². The highest BCUT2D eigenvalue weighted by atomic mass is 19.2. The lowest BCUT2D eigenvalue weighted by Gasteiger charge is -2.30. The van der Waals surface area contributed by atoms with Gasteiger partial charge in [0.2, 0.25) is 5.91 Å². The van der Waals surface area contributed by atoms with Gasteiger partial charge in [-0.3, -0.25) is 9.59 Å². The van der Waals surface area contributed by atoms with Gasteiger partial charge in [-0.25, -0.2) is 8.78 Å². The molecule has 0 saturated carbocycles. The van der Waals surface area contributed by atoms with Crippen LogP contribution in [-0.4, -0.2) is 35.0 Å². The molecule has 108 valence electrons. The van der Waals surface area contributed by atoms with Crippen LogP contribution in [0.15, 0.2) is 18.2 Å². The van der Waals surface area contributed by atoms with E-state index >= 15 is 0 Å². The highest BCUT2D eigenvalue weighted by Gasteiger charge is 2.28. The quantitative estimate of drug-likeness (QED) is 0.920. The molecular weight excluding hydrogens is 268 g/mol. The molecule has 1 heterocycles. The van der Waals surface area contributed by atoms with Gasteiger partial charge >= 0.3 is 5.97 Å². The molecule has 4 nitrogen and oxygen atoms in total. The minimum Gasteiger partial charge on any atom is -0.481 e. The first kappa shape index (κ1) is 14.4. The Balaban J connectivity index is 2.00. The monoisotopic (exact) mass is 283 g/mol. The van der Waals surface area contributed by atoms with E-state index in [0.29, 0.717) is 24.9 Å². The summed E-state index contributed by atoms with van der Waals surface area (Å²) in [4.78, 5) is 24.5. The molecule has 1 aliphatic heterocycles. The number of hydrogen-bond donors (Lipinski definition) is 1. The molecule has 1 fully saturated rings. The molecule has 0 spiro atoms. The highest BCUT2D eigenvalue weighted by Crippen LogP contribution is 2.18. The Morgan fingerprint density at radius 3 is 2.70 bits per heavy atom. The predicted molar refractivity (Wildman–Crippen MR) is 67.0 cm³/mol. The number of likely N-dealkylation sites (tertiary alicyclic amines) is 1. The number of piperidine rings is 1. The fourth-order valence-electron chi connectivity index (χ4n) is 2.34. The number of benzene rings is 1. The van der Waals surface area contributed by atoms with Crippen molar-refractivity contribution in [3.63, 3.8) is 0 Å². The highest BCUT2D eigenvalue weighted by molar-refractivity contribution is 5.80. The Labute approximate surface area is 115 Å². The van der Waals surface area contributed by atoms with Gasteiger partial charge in [-0.1, -0.05) is 6.07 Å². The van der Waals surface area contributed by atoms with E-state index in [0.717, 1.165) is 12.1 Å². The van der Waals surface area contributed by atoms with Crippen molar-refractivity contribution in [2.24, 2.45) is 5.92 Å². The lowest BCUT2D eigenvalue weighted by Crippen LogP contribution is -2.43. The number of amides is 1. The zero-order valence-corrected chi connectivity index (χ0v) is 10.8. The third-order valence-corrected chi connectivity index (χ3v) is 3.46. The second-order valence-corrected chi connectivity index (χ2v) is 4.94. The molecule has 1 atom stereocenters. The molecule has 1 saturated heterocycles. The molecule has 0 bridgehead atoms. The molecule has 0 aliphatic carbocycles. The fourth-order valence-corrected chi connectivity index (χ4v) is 2.34. The van der Waals surface area contributed by atoms with Crippen molar-refractivity contribution >= 4 is 11.9 Å². The average Bonchev–Trinajstić information content (AvgIpc) is 2.43. The summed E-state index contributed by atoms with van der Waals surface area (Å²) in [6, 6.07) is 3.33. The van der Waals surface area contributed by atoms with Gasteiger partial charge < -0.3 is 10.0 Å². The smallest absolute Gasteiger partial charge is 0.308 e. The minimum absolute atomic E-state index is 0.0520. The van der Waals surface area contributed by atoms with Crippen LogP contribution >= 0.6 is 0 Å². The molecule has 1 amide bonds. The van der Waals surface area contributed by atoms with Gasteiger partial charge in [-0.05, 0) is 30.5 Å². The second kappa shape index (κ2) is 5.98. The van der Waals surface area contributed by atoms with E-state index in [4.69, 9.17) is 5.11 Å². The molecular formula is C14H15F2NO3. The summed E-state index contributed by atoms with van der Waals surface area (Å²) >= 11 is 0. The summed E-state index contributed by atoms with van der Waals surface area (Å²) in [5.74, 6) is -3.66. The van der Waals surface area contributed by atoms with Crippen molar-refractivity contribution in [2.75, 3.05) is 13.1 Å². The number of halogens is 2. The number of aliphatic carboxylic acids is 1. The Morgan fingerprint density at radius 2 is 2.05 bits per heavy atom. The third-order valence-electron chi connectivity index (χ3n) is 3.46. The number of carboxylic acids is 1. The zero-order chi connectivity index (χ0) is 14.7. The number of hydrogen-bond acceptors (Lipinski definition) is 2. The van der Waals surface area contributed by atoms with E-state index in [1.807, 2.05) is 0 Å². The Kier molecular flexibility index (Phi) is 4.32. The van der Waals surface area contributed by atoms with Crippen molar-refractivity contribution in [1.82, 2.24) is 4.90 Å². The van der Waals surface area contributed by atoms with Gasteiger partial charge in [0.15, 0.2) is 11.6 Å². The van der Waals surface area contributed by atoms with Crippen molar-refractivity contribution in [2.45, 2.75) is 19.3 Å². The normalized spacial score (nSPS) is 18.9. The summed E-state index contributed by atoms with van der Waals surface area (Å²) < 4.78 is 25.9. The molecule has 0 radical (unpaired) electrons. The third kappa shape index (κ3) is 3.31. The maximum Gasteiger partial charge on any atom is 0.308 e.